The number of aromatic nitrogens is 1. The Labute approximate surface area is 106 Å². The number of ether oxygens (including phenoxy) is 1. The fraction of sp³-hybridized carbons (Fsp3) is 0.250. The first-order valence-corrected chi connectivity index (χ1v) is 5.81. The standard InChI is InChI=1S/C12H11BrFNO2/c1-15-10(16)5-7(6-17-2)8-3-4-9(14)11(13)12(8)15/h3-5H,6H2,1-2H3. The first-order valence-electron chi connectivity index (χ1n) is 5.02. The van der Waals surface area contributed by atoms with E-state index in [4.69, 9.17) is 4.74 Å². The van der Waals surface area contributed by atoms with E-state index in [0.717, 1.165) is 10.9 Å². The van der Waals surface area contributed by atoms with Crippen molar-refractivity contribution >= 4 is 26.8 Å². The lowest BCUT2D eigenvalue weighted by molar-refractivity contribution is 0.186. The minimum Gasteiger partial charge on any atom is -0.380 e. The van der Waals surface area contributed by atoms with Gasteiger partial charge in [0.2, 0.25) is 0 Å². The molecule has 0 spiro atoms. The Morgan fingerprint density at radius 2 is 2.18 bits per heavy atom. The average molecular weight is 300 g/mol. The number of nitrogens with zero attached hydrogens (tertiary/aromatic N) is 1. The number of hydrogen-bond donors (Lipinski definition) is 0. The number of pyridine rings is 1. The maximum absolute atomic E-state index is 13.5. The maximum Gasteiger partial charge on any atom is 0.251 e. The molecule has 2 rings (SSSR count). The molecule has 5 heteroatoms. The number of methoxy groups -OCH3 is 1. The summed E-state index contributed by atoms with van der Waals surface area (Å²) in [5.41, 5.74) is 1.12. The van der Waals surface area contributed by atoms with Crippen LogP contribution in [0.5, 0.6) is 0 Å². The summed E-state index contributed by atoms with van der Waals surface area (Å²) in [6.07, 6.45) is 0. The Morgan fingerprint density at radius 1 is 1.47 bits per heavy atom. The van der Waals surface area contributed by atoms with E-state index in [1.165, 1.54) is 16.7 Å². The number of aryl methyl sites for hydroxylation is 1. The first-order chi connectivity index (χ1) is 8.06. The largest absolute Gasteiger partial charge is 0.380 e. The van der Waals surface area contributed by atoms with Gasteiger partial charge in [0.25, 0.3) is 5.56 Å². The Bertz CT molecular complexity index is 636. The van der Waals surface area contributed by atoms with Crippen LogP contribution in [0.1, 0.15) is 5.56 Å². The van der Waals surface area contributed by atoms with Crippen molar-refractivity contribution in [2.45, 2.75) is 6.61 Å². The Kier molecular flexibility index (Phi) is 3.31. The molecular weight excluding hydrogens is 289 g/mol. The lowest BCUT2D eigenvalue weighted by Crippen LogP contribution is -2.18. The zero-order chi connectivity index (χ0) is 12.6. The van der Waals surface area contributed by atoms with Crippen LogP contribution < -0.4 is 5.56 Å². The molecule has 90 valence electrons. The van der Waals surface area contributed by atoms with Crippen LogP contribution in [0, 0.1) is 5.82 Å². The molecule has 0 bridgehead atoms. The molecule has 0 fully saturated rings. The molecule has 2 aromatic rings. The van der Waals surface area contributed by atoms with E-state index in [-0.39, 0.29) is 11.4 Å². The van der Waals surface area contributed by atoms with Gasteiger partial charge in [0.1, 0.15) is 5.82 Å². The number of rotatable bonds is 2. The molecule has 0 unspecified atom stereocenters. The molecule has 0 N–H and O–H groups in total. The molecule has 1 heterocycles. The van der Waals surface area contributed by atoms with E-state index in [1.54, 1.807) is 20.2 Å². The fourth-order valence-electron chi connectivity index (χ4n) is 1.84. The van der Waals surface area contributed by atoms with Gasteiger partial charge >= 0.3 is 0 Å². The third kappa shape index (κ3) is 2.00. The molecule has 0 amide bonds. The minimum atomic E-state index is -0.387. The highest BCUT2D eigenvalue weighted by atomic mass is 79.9. The van der Waals surface area contributed by atoms with Crippen LogP contribution in [-0.4, -0.2) is 11.7 Å². The minimum absolute atomic E-state index is 0.184. The third-order valence-electron chi connectivity index (χ3n) is 2.68. The van der Waals surface area contributed by atoms with Gasteiger partial charge in [-0.15, -0.1) is 0 Å². The van der Waals surface area contributed by atoms with Crippen molar-refractivity contribution in [2.24, 2.45) is 7.05 Å². The molecule has 0 aliphatic rings. The van der Waals surface area contributed by atoms with Crippen LogP contribution in [0.3, 0.4) is 0 Å². The van der Waals surface area contributed by atoms with Gasteiger partial charge in [-0.2, -0.15) is 0 Å². The van der Waals surface area contributed by atoms with Gasteiger partial charge < -0.3 is 9.30 Å². The summed E-state index contributed by atoms with van der Waals surface area (Å²) in [6.45, 7) is 0.324. The summed E-state index contributed by atoms with van der Waals surface area (Å²) in [5, 5.41) is 0.808. The predicted octanol–water partition coefficient (Wildman–Crippen LogP) is 2.59. The van der Waals surface area contributed by atoms with Gasteiger partial charge in [-0.3, -0.25) is 4.79 Å². The van der Waals surface area contributed by atoms with Crippen molar-refractivity contribution in [3.63, 3.8) is 0 Å². The Morgan fingerprint density at radius 3 is 2.82 bits per heavy atom. The quantitative estimate of drug-likeness (QED) is 0.853. The third-order valence-corrected chi connectivity index (χ3v) is 3.43. The molecule has 3 nitrogen and oxygen atoms in total. The van der Waals surface area contributed by atoms with Gasteiger partial charge in [-0.1, -0.05) is 0 Å². The summed E-state index contributed by atoms with van der Waals surface area (Å²) in [6, 6.07) is 4.54. The average Bonchev–Trinajstić information content (AvgIpc) is 2.29. The Hall–Kier alpha value is -1.20. The molecule has 0 aliphatic heterocycles. The summed E-state index contributed by atoms with van der Waals surface area (Å²) in [7, 11) is 3.17. The van der Waals surface area contributed by atoms with Gasteiger partial charge in [-0.05, 0) is 33.6 Å². The molecule has 1 aromatic heterocycles. The molecule has 0 aliphatic carbocycles. The van der Waals surface area contributed by atoms with Crippen LogP contribution >= 0.6 is 15.9 Å². The lowest BCUT2D eigenvalue weighted by atomic mass is 10.1. The second-order valence-electron chi connectivity index (χ2n) is 3.76. The van der Waals surface area contributed by atoms with Crippen LogP contribution in [-0.2, 0) is 18.4 Å². The first kappa shape index (κ1) is 12.3. The molecule has 0 saturated heterocycles. The van der Waals surface area contributed by atoms with Crippen molar-refractivity contribution in [3.8, 4) is 0 Å². The highest BCUT2D eigenvalue weighted by molar-refractivity contribution is 9.10. The monoisotopic (exact) mass is 299 g/mol. The predicted molar refractivity (Wildman–Crippen MR) is 67.6 cm³/mol. The summed E-state index contributed by atoms with van der Waals surface area (Å²) in [5.74, 6) is -0.387. The second kappa shape index (κ2) is 4.58. The molecular formula is C12H11BrFNO2. The van der Waals surface area contributed by atoms with Gasteiger partial charge in [-0.25, -0.2) is 4.39 Å². The zero-order valence-corrected chi connectivity index (χ0v) is 11.0. The lowest BCUT2D eigenvalue weighted by Gasteiger charge is -2.11. The highest BCUT2D eigenvalue weighted by Crippen LogP contribution is 2.27. The van der Waals surface area contributed by atoms with Crippen molar-refractivity contribution in [1.29, 1.82) is 0 Å². The molecule has 0 saturated carbocycles. The van der Waals surface area contributed by atoms with E-state index in [9.17, 15) is 9.18 Å². The van der Waals surface area contributed by atoms with Crippen molar-refractivity contribution < 1.29 is 9.13 Å². The van der Waals surface area contributed by atoms with Crippen LogP contribution in [0.15, 0.2) is 27.5 Å². The van der Waals surface area contributed by atoms with Crippen LogP contribution in [0.4, 0.5) is 4.39 Å². The van der Waals surface area contributed by atoms with Gasteiger partial charge in [0, 0.05) is 25.6 Å². The van der Waals surface area contributed by atoms with Gasteiger partial charge in [0.05, 0.1) is 16.6 Å². The SMILES string of the molecule is COCc1cc(=O)n(C)c2c(Br)c(F)ccc12. The topological polar surface area (TPSA) is 31.2 Å². The van der Waals surface area contributed by atoms with Crippen molar-refractivity contribution in [3.05, 3.63) is 44.4 Å². The molecule has 1 aromatic carbocycles. The highest BCUT2D eigenvalue weighted by Gasteiger charge is 2.12. The van der Waals surface area contributed by atoms with E-state index in [0.29, 0.717) is 16.6 Å². The number of benzene rings is 1. The zero-order valence-electron chi connectivity index (χ0n) is 9.46. The fourth-order valence-corrected chi connectivity index (χ4v) is 2.45. The van der Waals surface area contributed by atoms with Crippen molar-refractivity contribution in [1.82, 2.24) is 4.57 Å². The smallest absolute Gasteiger partial charge is 0.251 e. The van der Waals surface area contributed by atoms with Crippen molar-refractivity contribution in [2.75, 3.05) is 7.11 Å². The van der Waals surface area contributed by atoms with E-state index >= 15 is 0 Å². The number of hydrogen-bond acceptors (Lipinski definition) is 2. The normalized spacial score (nSPS) is 11.1. The molecule has 17 heavy (non-hydrogen) atoms. The molecule has 0 atom stereocenters. The second-order valence-corrected chi connectivity index (χ2v) is 4.55. The summed E-state index contributed by atoms with van der Waals surface area (Å²) >= 11 is 3.18. The number of halogens is 2. The molecule has 0 radical (unpaired) electrons. The maximum atomic E-state index is 13.5. The Balaban J connectivity index is 2.93. The van der Waals surface area contributed by atoms with E-state index in [2.05, 4.69) is 15.9 Å². The van der Waals surface area contributed by atoms with E-state index in [1.807, 2.05) is 0 Å². The summed E-state index contributed by atoms with van der Waals surface area (Å²) < 4.78 is 20.2. The van der Waals surface area contributed by atoms with Crippen LogP contribution in [0.25, 0.3) is 10.9 Å². The van der Waals surface area contributed by atoms with Crippen LogP contribution in [0.2, 0.25) is 0 Å². The van der Waals surface area contributed by atoms with E-state index < -0.39 is 0 Å². The number of fused-ring (bicyclic) bond motifs is 1. The summed E-state index contributed by atoms with van der Waals surface area (Å²) in [4.78, 5) is 11.8. The van der Waals surface area contributed by atoms with Gasteiger partial charge in [0.15, 0.2) is 0 Å².